The van der Waals surface area contributed by atoms with Crippen LogP contribution in [0.2, 0.25) is 0 Å². The summed E-state index contributed by atoms with van der Waals surface area (Å²) in [6.07, 6.45) is 6.42. The molecule has 3 N–H and O–H groups in total. The van der Waals surface area contributed by atoms with Crippen LogP contribution in [-0.4, -0.2) is 27.4 Å². The molecule has 0 saturated heterocycles. The third-order valence-corrected chi connectivity index (χ3v) is 2.48. The van der Waals surface area contributed by atoms with E-state index >= 15 is 0 Å². The number of rotatable bonds is 9. The van der Waals surface area contributed by atoms with Crippen LogP contribution < -0.4 is 0 Å². The van der Waals surface area contributed by atoms with E-state index in [0.717, 1.165) is 44.6 Å². The number of hydrogen-bond donors (Lipinski definition) is 3. The fourth-order valence-corrected chi connectivity index (χ4v) is 1.46. The van der Waals surface area contributed by atoms with Crippen molar-refractivity contribution in [3.05, 3.63) is 11.8 Å². The van der Waals surface area contributed by atoms with Gasteiger partial charge < -0.3 is 15.3 Å². The van der Waals surface area contributed by atoms with Crippen LogP contribution in [-0.2, 0) is 4.79 Å². The average molecular weight is 230 g/mol. The number of unbranched alkanes of at least 4 members (excludes halogenated alkanes) is 3. The van der Waals surface area contributed by atoms with E-state index in [1.807, 2.05) is 6.92 Å². The molecule has 0 aliphatic rings. The van der Waals surface area contributed by atoms with E-state index in [1.165, 1.54) is 0 Å². The zero-order valence-corrected chi connectivity index (χ0v) is 9.85. The third-order valence-electron chi connectivity index (χ3n) is 2.48. The zero-order valence-electron chi connectivity index (χ0n) is 9.85. The molecule has 0 heterocycles. The minimum Gasteiger partial charge on any atom is -0.512 e. The summed E-state index contributed by atoms with van der Waals surface area (Å²) in [5.74, 6) is -1.18. The molecule has 0 aromatic heterocycles. The Balaban J connectivity index is 3.37. The molecule has 16 heavy (non-hydrogen) atoms. The Hall–Kier alpha value is -1.03. The molecule has 4 nitrogen and oxygen atoms in total. The molecule has 0 bridgehead atoms. The Morgan fingerprint density at radius 2 is 1.81 bits per heavy atom. The summed E-state index contributed by atoms with van der Waals surface area (Å²) in [7, 11) is 0. The van der Waals surface area contributed by atoms with Crippen molar-refractivity contribution in [3.8, 4) is 0 Å². The van der Waals surface area contributed by atoms with Crippen molar-refractivity contribution in [1.29, 1.82) is 0 Å². The second-order valence-corrected chi connectivity index (χ2v) is 3.99. The first-order valence-electron chi connectivity index (χ1n) is 5.86. The minimum absolute atomic E-state index is 0.0684. The van der Waals surface area contributed by atoms with E-state index in [1.54, 1.807) is 0 Å². The van der Waals surface area contributed by atoms with Crippen molar-refractivity contribution in [2.24, 2.45) is 0 Å². The Morgan fingerprint density at radius 3 is 2.38 bits per heavy atom. The van der Waals surface area contributed by atoms with E-state index in [4.69, 9.17) is 10.2 Å². The van der Waals surface area contributed by atoms with Crippen LogP contribution in [0.1, 0.15) is 51.9 Å². The highest BCUT2D eigenvalue weighted by Gasteiger charge is 2.01. The largest absolute Gasteiger partial charge is 0.512 e. The van der Waals surface area contributed by atoms with E-state index in [9.17, 15) is 9.90 Å². The van der Waals surface area contributed by atoms with E-state index < -0.39 is 5.97 Å². The van der Waals surface area contributed by atoms with Crippen LogP contribution in [0.25, 0.3) is 0 Å². The highest BCUT2D eigenvalue weighted by Crippen LogP contribution is 2.11. The third kappa shape index (κ3) is 9.52. The molecule has 0 aromatic rings. The number of carbonyl (C=O) groups is 1. The molecule has 0 aliphatic carbocycles. The topological polar surface area (TPSA) is 77.8 Å². The van der Waals surface area contributed by atoms with Crippen molar-refractivity contribution >= 4 is 5.97 Å². The number of aliphatic hydroxyl groups excluding tert-OH is 2. The predicted molar refractivity (Wildman–Crippen MR) is 62.3 cm³/mol. The summed E-state index contributed by atoms with van der Waals surface area (Å²) in [6.45, 7) is 1.96. The van der Waals surface area contributed by atoms with Crippen LogP contribution in [0.5, 0.6) is 0 Å². The highest BCUT2D eigenvalue weighted by atomic mass is 16.4. The maximum atomic E-state index is 10.2. The molecule has 0 radical (unpaired) electrons. The number of aliphatic hydroxyl groups is 2. The fraction of sp³-hybridized carbons (Fsp3) is 0.750. The number of aliphatic carboxylic acids is 1. The SMILES string of the molecule is CCC(O)CCCCCCC(O)=CC(=O)O. The van der Waals surface area contributed by atoms with Gasteiger partial charge >= 0.3 is 5.97 Å². The maximum Gasteiger partial charge on any atom is 0.331 e. The van der Waals surface area contributed by atoms with Crippen LogP contribution in [0.3, 0.4) is 0 Å². The molecule has 0 amide bonds. The van der Waals surface area contributed by atoms with Gasteiger partial charge in [-0.25, -0.2) is 4.79 Å². The van der Waals surface area contributed by atoms with Gasteiger partial charge in [-0.05, 0) is 19.3 Å². The molecule has 0 fully saturated rings. The number of carboxylic acid groups (broad SMARTS) is 1. The molecular weight excluding hydrogens is 208 g/mol. The molecule has 1 atom stereocenters. The van der Waals surface area contributed by atoms with Crippen molar-refractivity contribution in [3.63, 3.8) is 0 Å². The van der Waals surface area contributed by atoms with Crippen LogP contribution in [0, 0.1) is 0 Å². The summed E-state index contributed by atoms with van der Waals surface area (Å²) in [5.41, 5.74) is 0. The van der Waals surface area contributed by atoms with Gasteiger partial charge in [-0.15, -0.1) is 0 Å². The number of allylic oxidation sites excluding steroid dienone is 1. The summed E-state index contributed by atoms with van der Waals surface area (Å²) in [5, 5.41) is 26.8. The van der Waals surface area contributed by atoms with Gasteiger partial charge in [0.05, 0.1) is 17.9 Å². The van der Waals surface area contributed by atoms with Crippen molar-refractivity contribution in [1.82, 2.24) is 0 Å². The Kier molecular flexibility index (Phi) is 8.62. The second-order valence-electron chi connectivity index (χ2n) is 3.99. The molecule has 0 aromatic carbocycles. The van der Waals surface area contributed by atoms with Crippen LogP contribution in [0.15, 0.2) is 11.8 Å². The van der Waals surface area contributed by atoms with Gasteiger partial charge in [0.2, 0.25) is 0 Å². The lowest BCUT2D eigenvalue weighted by Crippen LogP contribution is -2.03. The standard InChI is InChI=1S/C12H22O4/c1-2-10(13)7-5-3-4-6-8-11(14)9-12(15)16/h9-10,13-14H,2-8H2,1H3,(H,15,16). The summed E-state index contributed by atoms with van der Waals surface area (Å²) in [6, 6.07) is 0. The zero-order chi connectivity index (χ0) is 12.4. The molecule has 0 spiro atoms. The van der Waals surface area contributed by atoms with Crippen LogP contribution >= 0.6 is 0 Å². The molecule has 4 heteroatoms. The first-order valence-corrected chi connectivity index (χ1v) is 5.86. The lowest BCUT2D eigenvalue weighted by atomic mass is 10.1. The second kappa shape index (κ2) is 9.21. The molecular formula is C12H22O4. The first kappa shape index (κ1) is 15.0. The maximum absolute atomic E-state index is 10.2. The van der Waals surface area contributed by atoms with Gasteiger partial charge in [-0.2, -0.15) is 0 Å². The number of carboxylic acids is 1. The molecule has 1 unspecified atom stereocenters. The molecule has 0 aliphatic heterocycles. The van der Waals surface area contributed by atoms with Gasteiger partial charge in [-0.3, -0.25) is 0 Å². The monoisotopic (exact) mass is 230 g/mol. The lowest BCUT2D eigenvalue weighted by molar-refractivity contribution is -0.131. The van der Waals surface area contributed by atoms with Gasteiger partial charge in [0.25, 0.3) is 0 Å². The summed E-state index contributed by atoms with van der Waals surface area (Å²) < 4.78 is 0. The normalized spacial score (nSPS) is 13.8. The van der Waals surface area contributed by atoms with Gasteiger partial charge in [0.1, 0.15) is 0 Å². The number of hydrogen-bond acceptors (Lipinski definition) is 3. The summed E-state index contributed by atoms with van der Waals surface area (Å²) in [4.78, 5) is 10.2. The fourth-order valence-electron chi connectivity index (χ4n) is 1.46. The molecule has 94 valence electrons. The average Bonchev–Trinajstić information content (AvgIpc) is 2.21. The van der Waals surface area contributed by atoms with Crippen molar-refractivity contribution in [2.45, 2.75) is 58.0 Å². The first-order chi connectivity index (χ1) is 7.56. The minimum atomic E-state index is -1.11. The molecule has 0 saturated carbocycles. The van der Waals surface area contributed by atoms with Crippen molar-refractivity contribution in [2.75, 3.05) is 0 Å². The predicted octanol–water partition coefficient (Wildman–Crippen LogP) is 2.62. The molecule has 0 rings (SSSR count). The van der Waals surface area contributed by atoms with Crippen LogP contribution in [0.4, 0.5) is 0 Å². The quantitative estimate of drug-likeness (QED) is 0.323. The lowest BCUT2D eigenvalue weighted by Gasteiger charge is -2.06. The Bertz CT molecular complexity index is 223. The van der Waals surface area contributed by atoms with E-state index in [0.29, 0.717) is 6.42 Å². The Morgan fingerprint density at radius 1 is 1.19 bits per heavy atom. The highest BCUT2D eigenvalue weighted by molar-refractivity contribution is 5.80. The van der Waals surface area contributed by atoms with E-state index in [2.05, 4.69) is 0 Å². The van der Waals surface area contributed by atoms with E-state index in [-0.39, 0.29) is 11.9 Å². The summed E-state index contributed by atoms with van der Waals surface area (Å²) >= 11 is 0. The van der Waals surface area contributed by atoms with Gasteiger partial charge in [0.15, 0.2) is 0 Å². The van der Waals surface area contributed by atoms with Gasteiger partial charge in [-0.1, -0.05) is 26.2 Å². The Labute approximate surface area is 96.6 Å². The van der Waals surface area contributed by atoms with Gasteiger partial charge in [0, 0.05) is 6.42 Å². The van der Waals surface area contributed by atoms with Crippen molar-refractivity contribution < 1.29 is 20.1 Å². The smallest absolute Gasteiger partial charge is 0.331 e.